The Hall–Kier alpha value is -3.61. The molecule has 5 N–H and O–H groups in total. The SMILES string of the molecule is Cn1cc(CNCc2ccc(O)cc2)c2cc(C(=O)NCc3ccc(CN)cc3)ccc21. The minimum absolute atomic E-state index is 0.0957. The zero-order valence-corrected chi connectivity index (χ0v) is 18.1. The van der Waals surface area contributed by atoms with Crippen LogP contribution in [0.15, 0.2) is 72.9 Å². The maximum atomic E-state index is 12.8. The first kappa shape index (κ1) is 21.6. The Morgan fingerprint density at radius 2 is 1.56 bits per heavy atom. The van der Waals surface area contributed by atoms with Crippen LogP contribution in [0, 0.1) is 0 Å². The minimum atomic E-state index is -0.0957. The van der Waals surface area contributed by atoms with Gasteiger partial charge in [-0.15, -0.1) is 0 Å². The number of aromatic hydroxyl groups is 1. The molecule has 6 heteroatoms. The van der Waals surface area contributed by atoms with Crippen LogP contribution in [0.4, 0.5) is 0 Å². The molecule has 1 aromatic heterocycles. The van der Waals surface area contributed by atoms with E-state index < -0.39 is 0 Å². The summed E-state index contributed by atoms with van der Waals surface area (Å²) in [5.41, 5.74) is 11.7. The Kier molecular flexibility index (Phi) is 6.54. The maximum absolute atomic E-state index is 12.8. The van der Waals surface area contributed by atoms with Crippen LogP contribution in [0.25, 0.3) is 10.9 Å². The summed E-state index contributed by atoms with van der Waals surface area (Å²) in [7, 11) is 2.01. The molecular formula is C26H28N4O2. The van der Waals surface area contributed by atoms with Crippen molar-refractivity contribution in [1.82, 2.24) is 15.2 Å². The summed E-state index contributed by atoms with van der Waals surface area (Å²) in [6.07, 6.45) is 2.09. The summed E-state index contributed by atoms with van der Waals surface area (Å²) in [5.74, 6) is 0.169. The predicted molar refractivity (Wildman–Crippen MR) is 127 cm³/mol. The van der Waals surface area contributed by atoms with Gasteiger partial charge in [-0.05, 0) is 52.6 Å². The number of hydrogen-bond donors (Lipinski definition) is 4. The molecule has 0 aliphatic carbocycles. The standard InChI is InChI=1S/C26H28N4O2/c1-30-17-22(16-28-14-19-6-9-23(31)10-7-19)24-12-21(8-11-25(24)30)26(32)29-15-20-4-2-18(13-27)3-5-20/h2-12,17,28,31H,13-16,27H2,1H3,(H,29,32). The lowest BCUT2D eigenvalue weighted by Gasteiger charge is -2.08. The lowest BCUT2D eigenvalue weighted by atomic mass is 10.1. The van der Waals surface area contributed by atoms with Gasteiger partial charge in [-0.25, -0.2) is 0 Å². The van der Waals surface area contributed by atoms with Gasteiger partial charge in [-0.3, -0.25) is 4.79 Å². The number of hydrogen-bond acceptors (Lipinski definition) is 4. The largest absolute Gasteiger partial charge is 0.508 e. The van der Waals surface area contributed by atoms with Gasteiger partial charge in [0.05, 0.1) is 0 Å². The number of carbonyl (C=O) groups excluding carboxylic acids is 1. The molecule has 6 nitrogen and oxygen atoms in total. The number of rotatable bonds is 8. The van der Waals surface area contributed by atoms with Crippen LogP contribution in [0.1, 0.15) is 32.6 Å². The molecule has 0 unspecified atom stereocenters. The first-order valence-corrected chi connectivity index (χ1v) is 10.7. The average molecular weight is 429 g/mol. The number of phenols is 1. The first-order valence-electron chi connectivity index (χ1n) is 10.7. The molecule has 4 rings (SSSR count). The van der Waals surface area contributed by atoms with E-state index in [0.29, 0.717) is 31.7 Å². The number of aromatic nitrogens is 1. The van der Waals surface area contributed by atoms with E-state index >= 15 is 0 Å². The van der Waals surface area contributed by atoms with Crippen molar-refractivity contribution in [2.24, 2.45) is 12.8 Å². The summed E-state index contributed by atoms with van der Waals surface area (Å²) in [6, 6.07) is 20.9. The molecule has 1 amide bonds. The molecule has 0 saturated carbocycles. The highest BCUT2D eigenvalue weighted by atomic mass is 16.3. The van der Waals surface area contributed by atoms with Gasteiger partial charge in [0.15, 0.2) is 0 Å². The Morgan fingerprint density at radius 3 is 2.28 bits per heavy atom. The monoisotopic (exact) mass is 428 g/mol. The molecule has 164 valence electrons. The summed E-state index contributed by atoms with van der Waals surface area (Å²) in [6.45, 7) is 2.35. The molecule has 0 bridgehead atoms. The Bertz CT molecular complexity index is 1210. The van der Waals surface area contributed by atoms with Gasteiger partial charge in [0.2, 0.25) is 0 Å². The van der Waals surface area contributed by atoms with Crippen molar-refractivity contribution in [2.75, 3.05) is 0 Å². The molecule has 3 aromatic carbocycles. The minimum Gasteiger partial charge on any atom is -0.508 e. The molecule has 0 aliphatic rings. The fourth-order valence-electron chi connectivity index (χ4n) is 3.79. The number of aryl methyl sites for hydroxylation is 1. The van der Waals surface area contributed by atoms with Crippen LogP contribution in [0.2, 0.25) is 0 Å². The van der Waals surface area contributed by atoms with Crippen molar-refractivity contribution in [3.8, 4) is 5.75 Å². The van der Waals surface area contributed by atoms with Crippen molar-refractivity contribution in [3.63, 3.8) is 0 Å². The topological polar surface area (TPSA) is 92.3 Å². The number of nitrogens with two attached hydrogens (primary N) is 1. The van der Waals surface area contributed by atoms with E-state index in [1.54, 1.807) is 12.1 Å². The Labute approximate surface area is 187 Å². The van der Waals surface area contributed by atoms with Crippen LogP contribution >= 0.6 is 0 Å². The zero-order chi connectivity index (χ0) is 22.5. The fraction of sp³-hybridized carbons (Fsp3) is 0.192. The van der Waals surface area contributed by atoms with E-state index in [2.05, 4.69) is 21.4 Å². The highest BCUT2D eigenvalue weighted by Gasteiger charge is 2.11. The molecule has 32 heavy (non-hydrogen) atoms. The summed E-state index contributed by atoms with van der Waals surface area (Å²) in [5, 5.41) is 16.9. The van der Waals surface area contributed by atoms with Crippen molar-refractivity contribution >= 4 is 16.8 Å². The summed E-state index contributed by atoms with van der Waals surface area (Å²) >= 11 is 0. The third-order valence-electron chi connectivity index (χ3n) is 5.63. The quantitative estimate of drug-likeness (QED) is 0.345. The van der Waals surface area contributed by atoms with Gasteiger partial charge < -0.3 is 26.0 Å². The predicted octanol–water partition coefficient (Wildman–Crippen LogP) is 3.56. The van der Waals surface area contributed by atoms with Crippen LogP contribution in [-0.2, 0) is 33.2 Å². The van der Waals surface area contributed by atoms with Gasteiger partial charge in [-0.2, -0.15) is 0 Å². The number of amides is 1. The molecule has 0 fully saturated rings. The van der Waals surface area contributed by atoms with Crippen molar-refractivity contribution in [2.45, 2.75) is 26.2 Å². The second-order valence-corrected chi connectivity index (χ2v) is 7.97. The van der Waals surface area contributed by atoms with E-state index in [-0.39, 0.29) is 11.7 Å². The molecule has 1 heterocycles. The zero-order valence-electron chi connectivity index (χ0n) is 18.1. The van der Waals surface area contributed by atoms with E-state index in [0.717, 1.165) is 33.2 Å². The molecule has 4 aromatic rings. The lowest BCUT2D eigenvalue weighted by molar-refractivity contribution is 0.0951. The number of nitrogens with one attached hydrogen (secondary N) is 2. The maximum Gasteiger partial charge on any atom is 0.251 e. The molecule has 0 aliphatic heterocycles. The van der Waals surface area contributed by atoms with Gasteiger partial charge in [0.25, 0.3) is 5.91 Å². The third kappa shape index (κ3) is 4.99. The lowest BCUT2D eigenvalue weighted by Crippen LogP contribution is -2.22. The fourth-order valence-corrected chi connectivity index (χ4v) is 3.79. The van der Waals surface area contributed by atoms with Gasteiger partial charge in [0, 0.05) is 55.9 Å². The van der Waals surface area contributed by atoms with Crippen molar-refractivity contribution < 1.29 is 9.90 Å². The smallest absolute Gasteiger partial charge is 0.251 e. The van der Waals surface area contributed by atoms with E-state index in [9.17, 15) is 9.90 Å². The summed E-state index contributed by atoms with van der Waals surface area (Å²) in [4.78, 5) is 12.8. The number of carbonyl (C=O) groups is 1. The molecule has 0 atom stereocenters. The highest BCUT2D eigenvalue weighted by molar-refractivity contribution is 5.99. The third-order valence-corrected chi connectivity index (χ3v) is 5.63. The van der Waals surface area contributed by atoms with E-state index in [4.69, 9.17) is 5.73 Å². The molecular weight excluding hydrogens is 400 g/mol. The van der Waals surface area contributed by atoms with Crippen molar-refractivity contribution in [3.05, 3.63) is 101 Å². The Balaban J connectivity index is 1.43. The first-order chi connectivity index (χ1) is 15.5. The van der Waals surface area contributed by atoms with Crippen LogP contribution in [-0.4, -0.2) is 15.6 Å². The number of fused-ring (bicyclic) bond motifs is 1. The summed E-state index contributed by atoms with van der Waals surface area (Å²) < 4.78 is 2.08. The Morgan fingerprint density at radius 1 is 0.906 bits per heavy atom. The molecule has 0 saturated heterocycles. The second kappa shape index (κ2) is 9.68. The van der Waals surface area contributed by atoms with Gasteiger partial charge in [0.1, 0.15) is 5.75 Å². The van der Waals surface area contributed by atoms with Crippen molar-refractivity contribution in [1.29, 1.82) is 0 Å². The number of nitrogens with zero attached hydrogens (tertiary/aromatic N) is 1. The van der Waals surface area contributed by atoms with Crippen LogP contribution in [0.3, 0.4) is 0 Å². The number of benzene rings is 3. The number of phenolic OH excluding ortho intramolecular Hbond substituents is 1. The molecule has 0 radical (unpaired) electrons. The molecule has 0 spiro atoms. The highest BCUT2D eigenvalue weighted by Crippen LogP contribution is 2.22. The van der Waals surface area contributed by atoms with Gasteiger partial charge >= 0.3 is 0 Å². The van der Waals surface area contributed by atoms with Gasteiger partial charge in [-0.1, -0.05) is 36.4 Å². The second-order valence-electron chi connectivity index (χ2n) is 7.97. The van der Waals surface area contributed by atoms with E-state index in [1.165, 1.54) is 0 Å². The van der Waals surface area contributed by atoms with Crippen LogP contribution in [0.5, 0.6) is 5.75 Å². The normalized spacial score (nSPS) is 11.1. The van der Waals surface area contributed by atoms with Crippen LogP contribution < -0.4 is 16.4 Å². The average Bonchev–Trinajstić information content (AvgIpc) is 3.14. The van der Waals surface area contributed by atoms with E-state index in [1.807, 2.05) is 61.6 Å².